The first kappa shape index (κ1) is 9.21. The molecule has 2 aliphatic carbocycles. The van der Waals surface area contributed by atoms with E-state index in [1.54, 1.807) is 0 Å². The van der Waals surface area contributed by atoms with Crippen LogP contribution in [0.1, 0.15) is 32.1 Å². The maximum Gasteiger partial charge on any atom is 0.224 e. The van der Waals surface area contributed by atoms with Crippen LogP contribution in [0.15, 0.2) is 0 Å². The molecule has 0 N–H and O–H groups in total. The lowest BCUT2D eigenvalue weighted by Crippen LogP contribution is -2.39. The van der Waals surface area contributed by atoms with Gasteiger partial charge in [-0.3, -0.25) is 4.79 Å². The number of nitriles is 1. The van der Waals surface area contributed by atoms with E-state index in [2.05, 4.69) is 6.07 Å². The molecule has 3 fully saturated rings. The molecule has 1 heterocycles. The van der Waals surface area contributed by atoms with E-state index < -0.39 is 0 Å². The van der Waals surface area contributed by atoms with Gasteiger partial charge in [0, 0.05) is 19.0 Å². The SMILES string of the molecule is N#CC1CC(=O)N(C(C2CC2)C2CC2)C1. The Hall–Kier alpha value is -1.04. The highest BCUT2D eigenvalue weighted by atomic mass is 16.2. The third-order valence-corrected chi connectivity index (χ3v) is 3.91. The third kappa shape index (κ3) is 1.62. The second-order valence-electron chi connectivity index (χ2n) is 5.24. The van der Waals surface area contributed by atoms with Gasteiger partial charge in [-0.1, -0.05) is 0 Å². The summed E-state index contributed by atoms with van der Waals surface area (Å²) in [5, 5.41) is 8.86. The summed E-state index contributed by atoms with van der Waals surface area (Å²) in [6.45, 7) is 0.701. The maximum absolute atomic E-state index is 11.8. The Labute approximate surface area is 90.1 Å². The fourth-order valence-electron chi connectivity index (χ4n) is 2.88. The second-order valence-corrected chi connectivity index (χ2v) is 5.24. The van der Waals surface area contributed by atoms with Gasteiger partial charge in [0.25, 0.3) is 0 Å². The van der Waals surface area contributed by atoms with E-state index >= 15 is 0 Å². The van der Waals surface area contributed by atoms with Crippen molar-refractivity contribution in [3.05, 3.63) is 0 Å². The van der Waals surface area contributed by atoms with Crippen LogP contribution in [0.3, 0.4) is 0 Å². The summed E-state index contributed by atoms with van der Waals surface area (Å²) < 4.78 is 0. The largest absolute Gasteiger partial charge is 0.338 e. The molecular weight excluding hydrogens is 188 g/mol. The molecular formula is C12H16N2O. The molecule has 1 atom stereocenters. The number of carbonyl (C=O) groups excluding carboxylic acids is 1. The number of nitrogens with zero attached hydrogens (tertiary/aromatic N) is 2. The summed E-state index contributed by atoms with van der Waals surface area (Å²) in [7, 11) is 0. The Morgan fingerprint density at radius 3 is 2.27 bits per heavy atom. The Balaban J connectivity index is 1.74. The minimum absolute atomic E-state index is 0.0440. The van der Waals surface area contributed by atoms with E-state index in [1.165, 1.54) is 25.7 Å². The zero-order chi connectivity index (χ0) is 10.4. The molecule has 0 bridgehead atoms. The summed E-state index contributed by atoms with van der Waals surface area (Å²) in [5.41, 5.74) is 0. The first-order valence-corrected chi connectivity index (χ1v) is 5.98. The van der Waals surface area contributed by atoms with Crippen molar-refractivity contribution in [2.45, 2.75) is 38.1 Å². The van der Waals surface area contributed by atoms with E-state index in [1.807, 2.05) is 4.90 Å². The molecule has 3 aliphatic rings. The molecule has 1 unspecified atom stereocenters. The fourth-order valence-corrected chi connectivity index (χ4v) is 2.88. The van der Waals surface area contributed by atoms with E-state index in [-0.39, 0.29) is 11.8 Å². The standard InChI is InChI=1S/C12H16N2O/c13-6-8-5-11(15)14(7-8)12(9-1-2-9)10-3-4-10/h8-10,12H,1-5,7H2. The zero-order valence-corrected chi connectivity index (χ0v) is 8.85. The third-order valence-electron chi connectivity index (χ3n) is 3.91. The Kier molecular flexibility index (Phi) is 1.98. The molecule has 80 valence electrons. The number of hydrogen-bond donors (Lipinski definition) is 0. The smallest absolute Gasteiger partial charge is 0.224 e. The van der Waals surface area contributed by atoms with Gasteiger partial charge in [-0.15, -0.1) is 0 Å². The van der Waals surface area contributed by atoms with E-state index in [0.717, 1.165) is 11.8 Å². The van der Waals surface area contributed by atoms with Gasteiger partial charge >= 0.3 is 0 Å². The van der Waals surface area contributed by atoms with Crippen molar-refractivity contribution in [2.75, 3.05) is 6.54 Å². The molecule has 3 heteroatoms. The Morgan fingerprint density at radius 2 is 1.87 bits per heavy atom. The lowest BCUT2D eigenvalue weighted by atomic mass is 10.1. The average Bonchev–Trinajstić information content (AvgIpc) is 3.09. The summed E-state index contributed by atoms with van der Waals surface area (Å²) in [5.74, 6) is 1.71. The predicted octanol–water partition coefficient (Wildman–Crippen LogP) is 1.55. The van der Waals surface area contributed by atoms with Crippen LogP contribution >= 0.6 is 0 Å². The quantitative estimate of drug-likeness (QED) is 0.700. The van der Waals surface area contributed by atoms with Crippen LogP contribution < -0.4 is 0 Å². The highest BCUT2D eigenvalue weighted by Gasteiger charge is 2.48. The van der Waals surface area contributed by atoms with Crippen molar-refractivity contribution in [3.63, 3.8) is 0 Å². The average molecular weight is 204 g/mol. The van der Waals surface area contributed by atoms with E-state index in [4.69, 9.17) is 5.26 Å². The first-order chi connectivity index (χ1) is 7.29. The van der Waals surface area contributed by atoms with E-state index in [9.17, 15) is 4.79 Å². The minimum Gasteiger partial charge on any atom is -0.338 e. The van der Waals surface area contributed by atoms with Crippen LogP contribution in [0.2, 0.25) is 0 Å². The number of amides is 1. The van der Waals surface area contributed by atoms with Gasteiger partial charge in [-0.05, 0) is 37.5 Å². The zero-order valence-electron chi connectivity index (χ0n) is 8.85. The molecule has 15 heavy (non-hydrogen) atoms. The van der Waals surface area contributed by atoms with Crippen LogP contribution in [-0.4, -0.2) is 23.4 Å². The van der Waals surface area contributed by atoms with Gasteiger partial charge in [0.15, 0.2) is 0 Å². The van der Waals surface area contributed by atoms with Crippen LogP contribution in [0.25, 0.3) is 0 Å². The molecule has 0 aromatic carbocycles. The fraction of sp³-hybridized carbons (Fsp3) is 0.833. The molecule has 3 rings (SSSR count). The molecule has 3 nitrogen and oxygen atoms in total. The summed E-state index contributed by atoms with van der Waals surface area (Å²) in [4.78, 5) is 13.9. The molecule has 1 amide bonds. The number of rotatable bonds is 3. The van der Waals surface area contributed by atoms with Crippen LogP contribution in [0, 0.1) is 29.1 Å². The van der Waals surface area contributed by atoms with E-state index in [0.29, 0.717) is 19.0 Å². The van der Waals surface area contributed by atoms with Crippen molar-refractivity contribution in [1.29, 1.82) is 5.26 Å². The molecule has 0 radical (unpaired) electrons. The van der Waals surface area contributed by atoms with Gasteiger partial charge in [0.2, 0.25) is 5.91 Å². The van der Waals surface area contributed by atoms with Gasteiger partial charge < -0.3 is 4.90 Å². The second kappa shape index (κ2) is 3.23. The first-order valence-electron chi connectivity index (χ1n) is 5.98. The minimum atomic E-state index is -0.0440. The van der Waals surface area contributed by atoms with Crippen LogP contribution in [0.5, 0.6) is 0 Å². The normalized spacial score (nSPS) is 31.1. The number of carbonyl (C=O) groups is 1. The van der Waals surface area contributed by atoms with Crippen molar-refractivity contribution in [1.82, 2.24) is 4.90 Å². The number of hydrogen-bond acceptors (Lipinski definition) is 2. The molecule has 1 saturated heterocycles. The van der Waals surface area contributed by atoms with Gasteiger partial charge in [-0.2, -0.15) is 5.26 Å². The molecule has 0 aromatic heterocycles. The number of likely N-dealkylation sites (tertiary alicyclic amines) is 1. The lowest BCUT2D eigenvalue weighted by molar-refractivity contribution is -0.130. The maximum atomic E-state index is 11.8. The predicted molar refractivity (Wildman–Crippen MR) is 54.7 cm³/mol. The lowest BCUT2D eigenvalue weighted by Gasteiger charge is -2.28. The van der Waals surface area contributed by atoms with Crippen LogP contribution in [-0.2, 0) is 4.79 Å². The van der Waals surface area contributed by atoms with Crippen LogP contribution in [0.4, 0.5) is 0 Å². The van der Waals surface area contributed by atoms with Crippen molar-refractivity contribution in [2.24, 2.45) is 17.8 Å². The highest BCUT2D eigenvalue weighted by molar-refractivity contribution is 5.79. The molecule has 0 aromatic rings. The van der Waals surface area contributed by atoms with Crippen molar-refractivity contribution in [3.8, 4) is 6.07 Å². The molecule has 2 saturated carbocycles. The monoisotopic (exact) mass is 204 g/mol. The van der Waals surface area contributed by atoms with Gasteiger partial charge in [0.1, 0.15) is 0 Å². The highest BCUT2D eigenvalue weighted by Crippen LogP contribution is 2.48. The van der Waals surface area contributed by atoms with Gasteiger partial charge in [0.05, 0.1) is 12.0 Å². The molecule has 0 spiro atoms. The Morgan fingerprint density at radius 1 is 1.27 bits per heavy atom. The van der Waals surface area contributed by atoms with Crippen molar-refractivity contribution < 1.29 is 4.79 Å². The topological polar surface area (TPSA) is 44.1 Å². The Bertz CT molecular complexity index is 313. The summed E-state index contributed by atoms with van der Waals surface area (Å²) in [6.07, 6.45) is 5.64. The van der Waals surface area contributed by atoms with Crippen molar-refractivity contribution >= 4 is 5.91 Å². The summed E-state index contributed by atoms with van der Waals surface area (Å²) >= 11 is 0. The van der Waals surface area contributed by atoms with Gasteiger partial charge in [-0.25, -0.2) is 0 Å². The molecule has 1 aliphatic heterocycles. The summed E-state index contributed by atoms with van der Waals surface area (Å²) in [6, 6.07) is 2.73.